The highest BCUT2D eigenvalue weighted by atomic mass is 16.5. The van der Waals surface area contributed by atoms with Crippen LogP contribution in [-0.4, -0.2) is 38.8 Å². The number of ether oxygens (including phenoxy) is 1. The molecular formula is C17H23N5O. The molecule has 1 saturated carbocycles. The summed E-state index contributed by atoms with van der Waals surface area (Å²) >= 11 is 0. The number of aromatic nitrogens is 4. The van der Waals surface area contributed by atoms with Crippen molar-refractivity contribution in [2.45, 2.75) is 44.7 Å². The molecule has 1 atom stereocenters. The molecule has 4 rings (SSSR count). The van der Waals surface area contributed by atoms with Crippen LogP contribution in [0.4, 0.5) is 5.82 Å². The van der Waals surface area contributed by atoms with E-state index in [1.165, 1.54) is 12.8 Å². The second-order valence-electron chi connectivity index (χ2n) is 6.57. The Morgan fingerprint density at radius 1 is 1.30 bits per heavy atom. The third-order valence-electron chi connectivity index (χ3n) is 4.71. The third-order valence-corrected chi connectivity index (χ3v) is 4.71. The van der Waals surface area contributed by atoms with Gasteiger partial charge < -0.3 is 14.2 Å². The fraction of sp³-hybridized carbons (Fsp3) is 0.588. The van der Waals surface area contributed by atoms with Crippen LogP contribution in [0.2, 0.25) is 0 Å². The zero-order valence-electron chi connectivity index (χ0n) is 13.8. The van der Waals surface area contributed by atoms with E-state index in [9.17, 15) is 0 Å². The van der Waals surface area contributed by atoms with E-state index in [0.29, 0.717) is 12.0 Å². The average Bonchev–Trinajstić information content (AvgIpc) is 3.06. The molecule has 122 valence electrons. The summed E-state index contributed by atoms with van der Waals surface area (Å²) in [5.41, 5.74) is 1.12. The van der Waals surface area contributed by atoms with E-state index in [1.54, 1.807) is 0 Å². The summed E-state index contributed by atoms with van der Waals surface area (Å²) in [5, 5.41) is 0. The maximum absolute atomic E-state index is 5.53. The Morgan fingerprint density at radius 2 is 2.17 bits per heavy atom. The van der Waals surface area contributed by atoms with Crippen molar-refractivity contribution in [2.75, 3.05) is 18.1 Å². The highest BCUT2D eigenvalue weighted by Crippen LogP contribution is 2.33. The van der Waals surface area contributed by atoms with Crippen molar-refractivity contribution in [2.24, 2.45) is 7.05 Å². The van der Waals surface area contributed by atoms with Crippen molar-refractivity contribution in [1.29, 1.82) is 0 Å². The lowest BCUT2D eigenvalue weighted by Gasteiger charge is -2.24. The van der Waals surface area contributed by atoms with Gasteiger partial charge in [-0.15, -0.1) is 0 Å². The second kappa shape index (κ2) is 5.92. The molecule has 2 fully saturated rings. The van der Waals surface area contributed by atoms with E-state index in [2.05, 4.69) is 25.5 Å². The zero-order chi connectivity index (χ0) is 15.8. The summed E-state index contributed by atoms with van der Waals surface area (Å²) in [7, 11) is 2.04. The molecule has 0 aromatic carbocycles. The monoisotopic (exact) mass is 313 g/mol. The molecule has 23 heavy (non-hydrogen) atoms. The van der Waals surface area contributed by atoms with Gasteiger partial charge in [-0.2, -0.15) is 0 Å². The molecule has 0 radical (unpaired) electrons. The molecule has 0 spiro atoms. The minimum Gasteiger partial charge on any atom is -0.381 e. The molecule has 1 aliphatic carbocycles. The van der Waals surface area contributed by atoms with E-state index < -0.39 is 0 Å². The highest BCUT2D eigenvalue weighted by molar-refractivity contribution is 5.43. The minimum absolute atomic E-state index is 0.407. The van der Waals surface area contributed by atoms with Crippen LogP contribution in [0.3, 0.4) is 0 Å². The first-order valence-electron chi connectivity index (χ1n) is 8.37. The van der Waals surface area contributed by atoms with Gasteiger partial charge in [-0.25, -0.2) is 15.0 Å². The maximum atomic E-state index is 5.53. The standard InChI is InChI=1S/C17H23N5O/c1-12-19-15(13-5-8-23-11-13)9-16(20-12)22(14-3-4-14)10-17-18-6-7-21(17)2/h6-7,9,13-14H,3-5,8,10-11H2,1-2H3/t13-/m1/s1. The predicted molar refractivity (Wildman–Crippen MR) is 87.4 cm³/mol. The van der Waals surface area contributed by atoms with Gasteiger partial charge in [-0.3, -0.25) is 0 Å². The number of nitrogens with zero attached hydrogens (tertiary/aromatic N) is 5. The molecule has 6 nitrogen and oxygen atoms in total. The number of hydrogen-bond donors (Lipinski definition) is 0. The molecule has 1 saturated heterocycles. The lowest BCUT2D eigenvalue weighted by molar-refractivity contribution is 0.193. The van der Waals surface area contributed by atoms with Crippen molar-refractivity contribution in [3.63, 3.8) is 0 Å². The van der Waals surface area contributed by atoms with Crippen molar-refractivity contribution < 1.29 is 4.74 Å². The lowest BCUT2D eigenvalue weighted by atomic mass is 10.0. The van der Waals surface area contributed by atoms with Gasteiger partial charge in [0.1, 0.15) is 17.5 Å². The molecule has 2 aromatic heterocycles. The fourth-order valence-corrected chi connectivity index (χ4v) is 3.18. The quantitative estimate of drug-likeness (QED) is 0.847. The van der Waals surface area contributed by atoms with Gasteiger partial charge in [0.15, 0.2) is 0 Å². The molecule has 0 unspecified atom stereocenters. The van der Waals surface area contributed by atoms with Crippen molar-refractivity contribution in [3.8, 4) is 0 Å². The molecular weight excluding hydrogens is 290 g/mol. The minimum atomic E-state index is 0.407. The topological polar surface area (TPSA) is 56.1 Å². The van der Waals surface area contributed by atoms with Gasteiger partial charge in [0.2, 0.25) is 0 Å². The largest absolute Gasteiger partial charge is 0.381 e. The summed E-state index contributed by atoms with van der Waals surface area (Å²) < 4.78 is 7.60. The van der Waals surface area contributed by atoms with Gasteiger partial charge in [0.05, 0.1) is 18.8 Å². The number of rotatable bonds is 5. The fourth-order valence-electron chi connectivity index (χ4n) is 3.18. The number of anilines is 1. The van der Waals surface area contributed by atoms with Crippen LogP contribution in [0.5, 0.6) is 0 Å². The van der Waals surface area contributed by atoms with E-state index in [1.807, 2.05) is 26.4 Å². The summed E-state index contributed by atoms with van der Waals surface area (Å²) in [6.07, 6.45) is 7.36. The predicted octanol–water partition coefficient (Wildman–Crippen LogP) is 2.19. The smallest absolute Gasteiger partial charge is 0.133 e. The van der Waals surface area contributed by atoms with Crippen LogP contribution in [0.25, 0.3) is 0 Å². The van der Waals surface area contributed by atoms with E-state index >= 15 is 0 Å². The Morgan fingerprint density at radius 3 is 2.83 bits per heavy atom. The SMILES string of the molecule is Cc1nc([C@@H]2CCOC2)cc(N(Cc2nccn2C)C2CC2)n1. The normalized spacial score (nSPS) is 20.9. The Hall–Kier alpha value is -1.95. The number of aryl methyl sites for hydroxylation is 2. The zero-order valence-corrected chi connectivity index (χ0v) is 13.8. The molecule has 0 N–H and O–H groups in total. The summed E-state index contributed by atoms with van der Waals surface area (Å²) in [6, 6.07) is 2.74. The third kappa shape index (κ3) is 3.08. The molecule has 0 bridgehead atoms. The van der Waals surface area contributed by atoms with Crippen LogP contribution in [0.1, 0.15) is 42.5 Å². The summed E-state index contributed by atoms with van der Waals surface area (Å²) in [4.78, 5) is 16.2. The molecule has 6 heteroatoms. The second-order valence-corrected chi connectivity index (χ2v) is 6.57. The van der Waals surface area contributed by atoms with E-state index in [4.69, 9.17) is 9.72 Å². The van der Waals surface area contributed by atoms with Gasteiger partial charge in [-0.1, -0.05) is 0 Å². The molecule has 1 aliphatic heterocycles. The van der Waals surface area contributed by atoms with Crippen LogP contribution in [-0.2, 0) is 18.3 Å². The van der Waals surface area contributed by atoms with Crippen molar-refractivity contribution >= 4 is 5.82 Å². The van der Waals surface area contributed by atoms with Gasteiger partial charge in [0.25, 0.3) is 0 Å². The Balaban J connectivity index is 1.64. The molecule has 2 aromatic rings. The molecule has 3 heterocycles. The summed E-state index contributed by atoms with van der Waals surface area (Å²) in [5.74, 6) is 3.35. The maximum Gasteiger partial charge on any atom is 0.133 e. The first-order valence-corrected chi connectivity index (χ1v) is 8.37. The number of hydrogen-bond acceptors (Lipinski definition) is 5. The summed E-state index contributed by atoms with van der Waals surface area (Å²) in [6.45, 7) is 4.39. The molecule has 2 aliphatic rings. The molecule has 0 amide bonds. The first-order chi connectivity index (χ1) is 11.2. The average molecular weight is 313 g/mol. The Kier molecular flexibility index (Phi) is 3.77. The van der Waals surface area contributed by atoms with Crippen molar-refractivity contribution in [3.05, 3.63) is 35.8 Å². The Bertz CT molecular complexity index is 688. The van der Waals surface area contributed by atoms with E-state index in [0.717, 1.165) is 49.3 Å². The highest BCUT2D eigenvalue weighted by Gasteiger charge is 2.32. The van der Waals surface area contributed by atoms with Crippen LogP contribution >= 0.6 is 0 Å². The van der Waals surface area contributed by atoms with Gasteiger partial charge in [-0.05, 0) is 26.2 Å². The number of imidazole rings is 1. The lowest BCUT2D eigenvalue weighted by Crippen LogP contribution is -2.28. The van der Waals surface area contributed by atoms with Crippen molar-refractivity contribution in [1.82, 2.24) is 19.5 Å². The van der Waals surface area contributed by atoms with Crippen LogP contribution in [0.15, 0.2) is 18.5 Å². The first kappa shape index (κ1) is 14.6. The van der Waals surface area contributed by atoms with Gasteiger partial charge in [0, 0.05) is 44.1 Å². The van der Waals surface area contributed by atoms with Crippen LogP contribution < -0.4 is 4.90 Å². The van der Waals surface area contributed by atoms with E-state index in [-0.39, 0.29) is 0 Å². The van der Waals surface area contributed by atoms with Crippen LogP contribution in [0, 0.1) is 6.92 Å². The van der Waals surface area contributed by atoms with Gasteiger partial charge >= 0.3 is 0 Å². The Labute approximate surface area is 136 Å².